The first-order chi connectivity index (χ1) is 19.5. The zero-order valence-electron chi connectivity index (χ0n) is 25.4. The van der Waals surface area contributed by atoms with Gasteiger partial charge in [-0.25, -0.2) is 0 Å². The van der Waals surface area contributed by atoms with Gasteiger partial charge in [0.1, 0.15) is 30.1 Å². The molecule has 3 aliphatic heterocycles. The molecular weight excluding hydrogens is 522 g/mol. The smallest absolute Gasteiger partial charge is 0.186 e. The molecule has 7 aliphatic rings. The van der Waals surface area contributed by atoms with Crippen LogP contribution in [0.25, 0.3) is 0 Å². The summed E-state index contributed by atoms with van der Waals surface area (Å²) in [6.07, 6.45) is 6.64. The van der Waals surface area contributed by atoms with Crippen molar-refractivity contribution >= 4 is 0 Å². The molecule has 8 nitrogen and oxygen atoms in total. The topological polar surface area (TPSA) is 121 Å². The lowest BCUT2D eigenvalue weighted by atomic mass is 9.47. The number of piperidine rings is 1. The summed E-state index contributed by atoms with van der Waals surface area (Å²) in [5.74, 6) is 3.99. The first kappa shape index (κ1) is 29.1. The highest BCUT2D eigenvalue weighted by molar-refractivity contribution is 5.26. The molecular formula is C33H53NO7. The van der Waals surface area contributed by atoms with Crippen LogP contribution in [0.1, 0.15) is 85.5 Å². The van der Waals surface area contributed by atoms with E-state index in [1.54, 1.807) is 0 Å². The molecule has 0 bridgehead atoms. The van der Waals surface area contributed by atoms with Crippen molar-refractivity contribution < 1.29 is 34.6 Å². The molecule has 6 fully saturated rings. The van der Waals surface area contributed by atoms with Gasteiger partial charge >= 0.3 is 0 Å². The first-order valence-corrected chi connectivity index (χ1v) is 16.6. The maximum atomic E-state index is 10.5. The van der Waals surface area contributed by atoms with E-state index >= 15 is 0 Å². The summed E-state index contributed by atoms with van der Waals surface area (Å²) in [6, 6.07) is 0. The molecule has 7 rings (SSSR count). The molecule has 3 heterocycles. The fourth-order valence-corrected chi connectivity index (χ4v) is 11.3. The van der Waals surface area contributed by atoms with Gasteiger partial charge in [-0.1, -0.05) is 39.3 Å². The van der Waals surface area contributed by atoms with Crippen molar-refractivity contribution in [2.75, 3.05) is 13.2 Å². The van der Waals surface area contributed by atoms with Gasteiger partial charge in [0.25, 0.3) is 0 Å². The van der Waals surface area contributed by atoms with Crippen LogP contribution in [0.2, 0.25) is 0 Å². The zero-order chi connectivity index (χ0) is 28.9. The lowest BCUT2D eigenvalue weighted by Crippen LogP contribution is -2.60. The zero-order valence-corrected chi connectivity index (χ0v) is 25.4. The Balaban J connectivity index is 1.05. The standard InChI is InChI=1S/C33H53NO7/c1-17-7-12-33(34-15-17)18(2)26-24(41-33)14-23-21-6-5-19-13-20(8-10-31(19,3)22(21)9-11-32(23,26)4)39-30-29(38)28(37)27(36)25(16-35)40-30/h5,17-18,20-30,34-38H,6-16H2,1-4H3/t17-,18-,20-,21+,22+,23-,24-,25-,26-,27-,28+,29-,30-,31+,32+,33-/m1/s1. The Hall–Kier alpha value is -0.580. The van der Waals surface area contributed by atoms with Crippen LogP contribution in [0, 0.1) is 46.3 Å². The Kier molecular flexibility index (Phi) is 7.27. The predicted octanol–water partition coefficient (Wildman–Crippen LogP) is 3.11. The summed E-state index contributed by atoms with van der Waals surface area (Å²) >= 11 is 0. The molecule has 3 saturated heterocycles. The average molecular weight is 576 g/mol. The molecule has 16 atom stereocenters. The van der Waals surface area contributed by atoms with Gasteiger partial charge in [-0.3, -0.25) is 5.32 Å². The highest BCUT2D eigenvalue weighted by Crippen LogP contribution is 2.70. The van der Waals surface area contributed by atoms with E-state index in [2.05, 4.69) is 39.1 Å². The SMILES string of the molecule is C[C@@H]1CC[C@@]2(NC1)O[C@@H]1C[C@@H]3[C@H]4CC=C5C[C@H](O[C@@H]6O[C@H](CO)[C@@H](O)[C@H](O)[C@H]6O)CC[C@]5(C)[C@H]4CC[C@]3(C)[C@@H]1[C@H]2C. The van der Waals surface area contributed by atoms with Crippen molar-refractivity contribution in [2.24, 2.45) is 46.3 Å². The molecule has 8 heteroatoms. The van der Waals surface area contributed by atoms with E-state index in [0.29, 0.717) is 41.1 Å². The Morgan fingerprint density at radius 3 is 2.54 bits per heavy atom. The lowest BCUT2D eigenvalue weighted by molar-refractivity contribution is -0.313. The summed E-state index contributed by atoms with van der Waals surface area (Å²) in [6.45, 7) is 10.5. The molecule has 5 N–H and O–H groups in total. The number of hydrogen-bond donors (Lipinski definition) is 5. The number of nitrogens with one attached hydrogen (secondary N) is 1. The van der Waals surface area contributed by atoms with Gasteiger partial charge < -0.3 is 34.6 Å². The second kappa shape index (κ2) is 10.2. The number of aliphatic hydroxyl groups excluding tert-OH is 4. The molecule has 0 unspecified atom stereocenters. The van der Waals surface area contributed by atoms with Crippen LogP contribution < -0.4 is 5.32 Å². The Morgan fingerprint density at radius 1 is 1.00 bits per heavy atom. The summed E-state index contributed by atoms with van der Waals surface area (Å²) < 4.78 is 18.9. The van der Waals surface area contributed by atoms with E-state index in [4.69, 9.17) is 14.2 Å². The molecule has 4 aliphatic carbocycles. The molecule has 232 valence electrons. The van der Waals surface area contributed by atoms with Crippen LogP contribution in [-0.4, -0.2) is 82.2 Å². The van der Waals surface area contributed by atoms with E-state index in [1.165, 1.54) is 31.3 Å². The van der Waals surface area contributed by atoms with E-state index in [-0.39, 0.29) is 17.2 Å². The number of allylic oxidation sites excluding steroid dienone is 1. The Labute approximate surface area is 245 Å². The molecule has 0 aromatic heterocycles. The molecule has 0 aromatic rings. The first-order valence-electron chi connectivity index (χ1n) is 16.6. The molecule has 0 aromatic carbocycles. The quantitative estimate of drug-likeness (QED) is 0.326. The normalized spacial score (nSPS) is 58.3. The van der Waals surface area contributed by atoms with Crippen molar-refractivity contribution in [3.63, 3.8) is 0 Å². The maximum Gasteiger partial charge on any atom is 0.186 e. The highest BCUT2D eigenvalue weighted by atomic mass is 16.7. The monoisotopic (exact) mass is 575 g/mol. The van der Waals surface area contributed by atoms with Gasteiger partial charge in [0, 0.05) is 12.5 Å². The van der Waals surface area contributed by atoms with Gasteiger partial charge in [-0.15, -0.1) is 0 Å². The van der Waals surface area contributed by atoms with Crippen molar-refractivity contribution in [1.29, 1.82) is 0 Å². The van der Waals surface area contributed by atoms with Crippen LogP contribution in [0.3, 0.4) is 0 Å². The summed E-state index contributed by atoms with van der Waals surface area (Å²) in [4.78, 5) is 0. The minimum absolute atomic E-state index is 0.113. The third-order valence-electron chi connectivity index (χ3n) is 13.7. The molecule has 3 saturated carbocycles. The van der Waals surface area contributed by atoms with Crippen LogP contribution in [0.4, 0.5) is 0 Å². The number of hydrogen-bond acceptors (Lipinski definition) is 8. The Morgan fingerprint density at radius 2 is 1.80 bits per heavy atom. The fraction of sp³-hybridized carbons (Fsp3) is 0.939. The summed E-state index contributed by atoms with van der Waals surface area (Å²) in [5, 5.41) is 44.3. The van der Waals surface area contributed by atoms with Gasteiger partial charge in [0.15, 0.2) is 6.29 Å². The minimum Gasteiger partial charge on any atom is -0.394 e. The third kappa shape index (κ3) is 4.29. The minimum atomic E-state index is -1.41. The lowest BCUT2D eigenvalue weighted by Gasteiger charge is -2.59. The predicted molar refractivity (Wildman–Crippen MR) is 152 cm³/mol. The molecule has 41 heavy (non-hydrogen) atoms. The second-order valence-electron chi connectivity index (χ2n) is 15.6. The van der Waals surface area contributed by atoms with Gasteiger partial charge in [0.05, 0.1) is 18.8 Å². The Bertz CT molecular complexity index is 1030. The molecule has 0 radical (unpaired) electrons. The number of rotatable bonds is 3. The molecule has 1 spiro atoms. The van der Waals surface area contributed by atoms with E-state index in [0.717, 1.165) is 44.6 Å². The number of fused-ring (bicyclic) bond motifs is 7. The second-order valence-corrected chi connectivity index (χ2v) is 15.6. The number of ether oxygens (including phenoxy) is 3. The largest absolute Gasteiger partial charge is 0.394 e. The van der Waals surface area contributed by atoms with Gasteiger partial charge in [-0.2, -0.15) is 0 Å². The highest BCUT2D eigenvalue weighted by Gasteiger charge is 2.68. The van der Waals surface area contributed by atoms with Crippen LogP contribution in [0.5, 0.6) is 0 Å². The van der Waals surface area contributed by atoms with E-state index in [9.17, 15) is 20.4 Å². The van der Waals surface area contributed by atoms with Crippen LogP contribution in [-0.2, 0) is 14.2 Å². The summed E-state index contributed by atoms with van der Waals surface area (Å²) in [7, 11) is 0. The third-order valence-corrected chi connectivity index (χ3v) is 13.7. The molecule has 0 amide bonds. The van der Waals surface area contributed by atoms with Crippen molar-refractivity contribution in [1.82, 2.24) is 5.32 Å². The summed E-state index contributed by atoms with van der Waals surface area (Å²) in [5.41, 5.74) is 1.86. The van der Waals surface area contributed by atoms with Gasteiger partial charge in [0.2, 0.25) is 0 Å². The van der Waals surface area contributed by atoms with Crippen molar-refractivity contribution in [3.8, 4) is 0 Å². The van der Waals surface area contributed by atoms with Gasteiger partial charge in [-0.05, 0) is 98.2 Å². The van der Waals surface area contributed by atoms with Crippen molar-refractivity contribution in [2.45, 2.75) is 134 Å². The fourth-order valence-electron chi connectivity index (χ4n) is 11.3. The average Bonchev–Trinajstić information content (AvgIpc) is 3.40. The van der Waals surface area contributed by atoms with E-state index < -0.39 is 37.3 Å². The van der Waals surface area contributed by atoms with Crippen LogP contribution >= 0.6 is 0 Å². The maximum absolute atomic E-state index is 10.5. The van der Waals surface area contributed by atoms with Crippen molar-refractivity contribution in [3.05, 3.63) is 11.6 Å². The van der Waals surface area contributed by atoms with Crippen LogP contribution in [0.15, 0.2) is 11.6 Å². The van der Waals surface area contributed by atoms with E-state index in [1.807, 2.05) is 0 Å². The number of aliphatic hydroxyl groups is 4.